The summed E-state index contributed by atoms with van der Waals surface area (Å²) in [6, 6.07) is 7.90. The van der Waals surface area contributed by atoms with E-state index in [0.717, 1.165) is 36.2 Å². The van der Waals surface area contributed by atoms with Crippen molar-refractivity contribution < 1.29 is 9.36 Å². The molecule has 8 nitrogen and oxygen atoms in total. The van der Waals surface area contributed by atoms with Crippen LogP contribution < -0.4 is 5.73 Å². The van der Waals surface area contributed by atoms with Gasteiger partial charge in [0.25, 0.3) is 0 Å². The Kier molecular flexibility index (Phi) is 7.82. The highest BCUT2D eigenvalue weighted by Gasteiger charge is 2.29. The van der Waals surface area contributed by atoms with Gasteiger partial charge in [-0.1, -0.05) is 60.8 Å². The fraction of sp³-hybridized carbons (Fsp3) is 0.545. The van der Waals surface area contributed by atoms with Crippen molar-refractivity contribution >= 4 is 11.7 Å². The van der Waals surface area contributed by atoms with Gasteiger partial charge < -0.3 is 20.0 Å². The molecule has 3 rings (SSSR count). The van der Waals surface area contributed by atoms with Gasteiger partial charge in [0.15, 0.2) is 5.96 Å². The molecule has 0 spiro atoms. The molecule has 1 aromatic carbocycles. The summed E-state index contributed by atoms with van der Waals surface area (Å²) >= 11 is 0. The molecule has 1 atom stereocenters. The Hall–Kier alpha value is -2.90. The molecule has 0 saturated carbocycles. The number of hydrogen-bond donors (Lipinski definition) is 2. The molecule has 30 heavy (non-hydrogen) atoms. The van der Waals surface area contributed by atoms with E-state index in [1.807, 2.05) is 36.1 Å². The first-order valence-corrected chi connectivity index (χ1v) is 10.8. The van der Waals surface area contributed by atoms with Gasteiger partial charge in [-0.15, -0.1) is 0 Å². The lowest BCUT2D eigenvalue weighted by Gasteiger charge is -2.14. The second-order valence-corrected chi connectivity index (χ2v) is 7.77. The Labute approximate surface area is 178 Å². The molecule has 2 aromatic rings. The van der Waals surface area contributed by atoms with Gasteiger partial charge in [0.05, 0.1) is 11.6 Å². The van der Waals surface area contributed by atoms with E-state index in [9.17, 15) is 0 Å². The number of nitrogens with two attached hydrogens (primary N) is 1. The van der Waals surface area contributed by atoms with Crippen LogP contribution in [0.3, 0.4) is 0 Å². The van der Waals surface area contributed by atoms with E-state index in [0.29, 0.717) is 24.9 Å². The third-order valence-corrected chi connectivity index (χ3v) is 5.42. The molecule has 0 amide bonds. The lowest BCUT2D eigenvalue weighted by Crippen LogP contribution is -2.34. The average Bonchev–Trinajstić information content (AvgIpc) is 3.43. The smallest absolute Gasteiger partial charge is 0.231 e. The molecule has 1 aliphatic rings. The van der Waals surface area contributed by atoms with Crippen LogP contribution in [-0.4, -0.2) is 46.4 Å². The first-order chi connectivity index (χ1) is 14.6. The summed E-state index contributed by atoms with van der Waals surface area (Å²) in [6.07, 6.45) is 6.89. The first kappa shape index (κ1) is 21.8. The largest absolute Gasteiger partial charge is 0.396 e. The van der Waals surface area contributed by atoms with Crippen LogP contribution in [0.4, 0.5) is 0 Å². The topological polar surface area (TPSA) is 114 Å². The fourth-order valence-corrected chi connectivity index (χ4v) is 3.52. The van der Waals surface area contributed by atoms with Crippen LogP contribution in [0, 0.1) is 5.41 Å². The Morgan fingerprint density at radius 3 is 2.73 bits per heavy atom. The monoisotopic (exact) mass is 412 g/mol. The van der Waals surface area contributed by atoms with Gasteiger partial charge in [0.1, 0.15) is 6.61 Å². The summed E-state index contributed by atoms with van der Waals surface area (Å²) < 4.78 is 5.47. The van der Waals surface area contributed by atoms with Crippen LogP contribution in [0.25, 0.3) is 11.4 Å². The van der Waals surface area contributed by atoms with Crippen molar-refractivity contribution in [3.8, 4) is 11.4 Å². The molecular weight excluding hydrogens is 380 g/mol. The zero-order valence-electron chi connectivity index (χ0n) is 17.9. The third kappa shape index (κ3) is 5.81. The maximum Gasteiger partial charge on any atom is 0.231 e. The Morgan fingerprint density at radius 2 is 2.03 bits per heavy atom. The van der Waals surface area contributed by atoms with Crippen molar-refractivity contribution in [2.75, 3.05) is 19.7 Å². The number of hydrogen-bond acceptors (Lipinski definition) is 6. The van der Waals surface area contributed by atoms with E-state index in [-0.39, 0.29) is 11.9 Å². The normalized spacial score (nSPS) is 16.8. The maximum absolute atomic E-state index is 7.54. The third-order valence-electron chi connectivity index (χ3n) is 5.42. The van der Waals surface area contributed by atoms with Crippen molar-refractivity contribution in [3.05, 3.63) is 35.7 Å². The number of aromatic nitrogens is 2. The fourth-order valence-electron chi connectivity index (χ4n) is 3.52. The molecular formula is C22H32N6O2. The highest BCUT2D eigenvalue weighted by atomic mass is 16.6. The van der Waals surface area contributed by atoms with Gasteiger partial charge in [0.2, 0.25) is 11.7 Å². The van der Waals surface area contributed by atoms with E-state index in [1.165, 1.54) is 25.7 Å². The molecule has 3 N–H and O–H groups in total. The van der Waals surface area contributed by atoms with E-state index in [4.69, 9.17) is 20.5 Å². The number of benzene rings is 1. The second-order valence-electron chi connectivity index (χ2n) is 7.77. The molecule has 162 valence electrons. The molecule has 1 saturated heterocycles. The van der Waals surface area contributed by atoms with Crippen LogP contribution in [0.1, 0.15) is 69.7 Å². The van der Waals surface area contributed by atoms with Gasteiger partial charge in [0, 0.05) is 18.7 Å². The summed E-state index contributed by atoms with van der Waals surface area (Å²) in [7, 11) is 0. The maximum atomic E-state index is 7.54. The molecule has 0 aliphatic carbocycles. The van der Waals surface area contributed by atoms with Gasteiger partial charge >= 0.3 is 0 Å². The minimum absolute atomic E-state index is 0.0883. The first-order valence-electron chi connectivity index (χ1n) is 10.8. The van der Waals surface area contributed by atoms with Crippen molar-refractivity contribution in [2.24, 2.45) is 10.9 Å². The summed E-state index contributed by atoms with van der Waals surface area (Å²) in [4.78, 5) is 11.8. The van der Waals surface area contributed by atoms with Crippen molar-refractivity contribution in [2.45, 2.75) is 58.3 Å². The molecule has 2 heterocycles. The van der Waals surface area contributed by atoms with Gasteiger partial charge in [-0.05, 0) is 31.7 Å². The quantitative estimate of drug-likeness (QED) is 0.262. The van der Waals surface area contributed by atoms with Crippen molar-refractivity contribution in [1.29, 1.82) is 5.41 Å². The van der Waals surface area contributed by atoms with Crippen molar-refractivity contribution in [3.63, 3.8) is 0 Å². The Balaban J connectivity index is 1.52. The average molecular weight is 413 g/mol. The second kappa shape index (κ2) is 10.8. The van der Waals surface area contributed by atoms with E-state index in [1.54, 1.807) is 0 Å². The van der Waals surface area contributed by atoms with Crippen LogP contribution in [0.5, 0.6) is 0 Å². The standard InChI is InChI=1S/C22H32N6O2/c1-3-4-5-6-7-14-29-26-16(2)17-8-10-18(11-9-17)20-25-21(30-27-20)19-12-13-28(15-19)22(23)24/h8-11,19H,3-7,12-15H2,1-2H3,(H3,23,24)/b26-16-/t19-/m1/s1. The highest BCUT2D eigenvalue weighted by molar-refractivity contribution is 5.98. The zero-order valence-corrected chi connectivity index (χ0v) is 17.9. The van der Waals surface area contributed by atoms with E-state index >= 15 is 0 Å². The number of unbranched alkanes of at least 4 members (excludes halogenated alkanes) is 4. The van der Waals surface area contributed by atoms with Crippen molar-refractivity contribution in [1.82, 2.24) is 15.0 Å². The van der Waals surface area contributed by atoms with Gasteiger partial charge in [-0.25, -0.2) is 0 Å². The van der Waals surface area contributed by atoms with Gasteiger partial charge in [-0.3, -0.25) is 5.41 Å². The zero-order chi connectivity index (χ0) is 21.3. The number of oxime groups is 1. The lowest BCUT2D eigenvalue weighted by atomic mass is 10.1. The molecule has 0 unspecified atom stereocenters. The van der Waals surface area contributed by atoms with E-state index < -0.39 is 0 Å². The lowest BCUT2D eigenvalue weighted by molar-refractivity contribution is 0.139. The molecule has 0 radical (unpaired) electrons. The molecule has 8 heteroatoms. The highest BCUT2D eigenvalue weighted by Crippen LogP contribution is 2.27. The SMILES string of the molecule is CCCCCCCO/N=C(/C)c1ccc(-c2noc([C@@H]3CCN(C(=N)N)C3)n2)cc1. The Morgan fingerprint density at radius 1 is 1.27 bits per heavy atom. The summed E-state index contributed by atoms with van der Waals surface area (Å²) in [5.41, 5.74) is 8.30. The van der Waals surface area contributed by atoms with Gasteiger partial charge in [-0.2, -0.15) is 4.98 Å². The van der Waals surface area contributed by atoms with Crippen LogP contribution in [-0.2, 0) is 4.84 Å². The minimum atomic E-state index is 0.0883. The summed E-state index contributed by atoms with van der Waals surface area (Å²) in [5.74, 6) is 1.37. The number of nitrogens with one attached hydrogen (secondary N) is 1. The molecule has 1 aliphatic heterocycles. The van der Waals surface area contributed by atoms with Crippen LogP contribution in [0.15, 0.2) is 33.9 Å². The summed E-state index contributed by atoms with van der Waals surface area (Å²) in [5, 5.41) is 15.9. The van der Waals surface area contributed by atoms with Crippen LogP contribution >= 0.6 is 0 Å². The molecule has 1 fully saturated rings. The summed E-state index contributed by atoms with van der Waals surface area (Å²) in [6.45, 7) is 6.20. The number of rotatable bonds is 10. The number of guanidine groups is 1. The minimum Gasteiger partial charge on any atom is -0.396 e. The number of nitrogens with zero attached hydrogens (tertiary/aromatic N) is 4. The molecule has 0 bridgehead atoms. The van der Waals surface area contributed by atoms with Crippen LogP contribution in [0.2, 0.25) is 0 Å². The predicted octanol–water partition coefficient (Wildman–Crippen LogP) is 4.13. The van der Waals surface area contributed by atoms with E-state index in [2.05, 4.69) is 22.2 Å². The predicted molar refractivity (Wildman–Crippen MR) is 118 cm³/mol. The molecule has 1 aromatic heterocycles. The Bertz CT molecular complexity index is 846. The number of likely N-dealkylation sites (tertiary alicyclic amines) is 1.